The quantitative estimate of drug-likeness (QED) is 0.388. The van der Waals surface area contributed by atoms with Crippen LogP contribution in [0.5, 0.6) is 0 Å². The maximum atomic E-state index is 11.8. The average Bonchev–Trinajstić information content (AvgIpc) is 3.26. The van der Waals surface area contributed by atoms with E-state index in [9.17, 15) is 14.7 Å². The van der Waals surface area contributed by atoms with E-state index in [-0.39, 0.29) is 11.5 Å². The number of aromatic nitrogens is 1. The van der Waals surface area contributed by atoms with Crippen molar-refractivity contribution in [1.29, 1.82) is 0 Å². The first-order valence-electron chi connectivity index (χ1n) is 10.1. The molecule has 1 N–H and O–H groups in total. The molecule has 0 bridgehead atoms. The number of carboxylic acids is 1. The number of aromatic carboxylic acids is 1. The highest BCUT2D eigenvalue weighted by Crippen LogP contribution is 2.25. The van der Waals surface area contributed by atoms with Crippen LogP contribution in [0.2, 0.25) is 0 Å². The lowest BCUT2D eigenvalue weighted by Crippen LogP contribution is -2.03. The topological polar surface area (TPSA) is 89.6 Å². The first-order valence-corrected chi connectivity index (χ1v) is 10.1. The van der Waals surface area contributed by atoms with Crippen molar-refractivity contribution in [3.63, 3.8) is 0 Å². The van der Waals surface area contributed by atoms with Gasteiger partial charge in [-0.1, -0.05) is 23.8 Å². The van der Waals surface area contributed by atoms with Crippen LogP contribution < -0.4 is 0 Å². The van der Waals surface area contributed by atoms with E-state index in [0.29, 0.717) is 40.3 Å². The second kappa shape index (κ2) is 8.89. The molecule has 0 amide bonds. The van der Waals surface area contributed by atoms with Crippen molar-refractivity contribution in [3.8, 4) is 11.3 Å². The minimum atomic E-state index is -0.996. The predicted octanol–water partition coefficient (Wildman–Crippen LogP) is 5.85. The number of carbonyl (C=O) groups excluding carboxylic acids is 1. The Balaban J connectivity index is 1.58. The molecule has 4 aromatic rings. The van der Waals surface area contributed by atoms with Gasteiger partial charge in [-0.25, -0.2) is 14.6 Å². The number of furan rings is 1. The predicted molar refractivity (Wildman–Crippen MR) is 122 cm³/mol. The molecule has 6 nitrogen and oxygen atoms in total. The lowest BCUT2D eigenvalue weighted by atomic mass is 10.1. The Bertz CT molecular complexity index is 1330. The summed E-state index contributed by atoms with van der Waals surface area (Å²) in [4.78, 5) is 28.0. The van der Waals surface area contributed by atoms with E-state index < -0.39 is 5.97 Å². The van der Waals surface area contributed by atoms with Crippen LogP contribution in [-0.4, -0.2) is 28.6 Å². The summed E-state index contributed by atoms with van der Waals surface area (Å²) in [5.74, 6) is -0.115. The number of nitrogens with zero attached hydrogens (tertiary/aromatic N) is 1. The molecule has 0 atom stereocenters. The summed E-state index contributed by atoms with van der Waals surface area (Å²) >= 11 is 0. The van der Waals surface area contributed by atoms with E-state index in [1.165, 1.54) is 0 Å². The first-order chi connectivity index (χ1) is 15.4. The van der Waals surface area contributed by atoms with Crippen LogP contribution in [0.15, 0.2) is 65.1 Å². The van der Waals surface area contributed by atoms with Gasteiger partial charge in [-0.2, -0.15) is 0 Å². The third kappa shape index (κ3) is 4.44. The van der Waals surface area contributed by atoms with Gasteiger partial charge in [0.2, 0.25) is 0 Å². The van der Waals surface area contributed by atoms with Crippen LogP contribution in [-0.2, 0) is 4.74 Å². The minimum absolute atomic E-state index is 0.208. The first kappa shape index (κ1) is 21.1. The van der Waals surface area contributed by atoms with E-state index in [0.717, 1.165) is 11.1 Å². The SMILES string of the molecule is CCOC(=O)c1ccc(-c2ccc(/C=C/c3cc(C(=O)O)c4cc(C)ccc4n3)o2)cc1. The molecule has 160 valence electrons. The van der Waals surface area contributed by atoms with Gasteiger partial charge in [-0.15, -0.1) is 0 Å². The monoisotopic (exact) mass is 427 g/mol. The fourth-order valence-electron chi connectivity index (χ4n) is 3.37. The van der Waals surface area contributed by atoms with Crippen molar-refractivity contribution in [3.05, 3.63) is 88.8 Å². The van der Waals surface area contributed by atoms with Crippen LogP contribution in [0.1, 0.15) is 44.7 Å². The molecular weight excluding hydrogens is 406 g/mol. The Kier molecular flexibility index (Phi) is 5.85. The molecule has 0 aliphatic rings. The van der Waals surface area contributed by atoms with Gasteiger partial charge in [0.15, 0.2) is 0 Å². The Labute approximate surface area is 184 Å². The molecule has 0 radical (unpaired) electrons. The van der Waals surface area contributed by atoms with Gasteiger partial charge < -0.3 is 14.3 Å². The zero-order valence-corrected chi connectivity index (χ0v) is 17.7. The number of hydrogen-bond donors (Lipinski definition) is 1. The lowest BCUT2D eigenvalue weighted by Gasteiger charge is -2.05. The third-order valence-electron chi connectivity index (χ3n) is 4.94. The normalized spacial score (nSPS) is 11.2. The van der Waals surface area contributed by atoms with Crippen molar-refractivity contribution in [2.24, 2.45) is 0 Å². The fourth-order valence-corrected chi connectivity index (χ4v) is 3.37. The van der Waals surface area contributed by atoms with E-state index in [1.54, 1.807) is 49.4 Å². The summed E-state index contributed by atoms with van der Waals surface area (Å²) in [6, 6.07) is 17.7. The minimum Gasteiger partial charge on any atom is -0.478 e. The molecule has 6 heteroatoms. The Morgan fingerprint density at radius 1 is 1.03 bits per heavy atom. The highest BCUT2D eigenvalue weighted by atomic mass is 16.5. The van der Waals surface area contributed by atoms with Crippen LogP contribution in [0.25, 0.3) is 34.4 Å². The molecule has 32 heavy (non-hydrogen) atoms. The van der Waals surface area contributed by atoms with Gasteiger partial charge in [0.1, 0.15) is 11.5 Å². The summed E-state index contributed by atoms with van der Waals surface area (Å²) in [7, 11) is 0. The molecule has 0 saturated heterocycles. The molecule has 0 unspecified atom stereocenters. The van der Waals surface area contributed by atoms with Gasteiger partial charge in [0.25, 0.3) is 0 Å². The lowest BCUT2D eigenvalue weighted by molar-refractivity contribution is 0.0526. The maximum Gasteiger partial charge on any atom is 0.338 e. The van der Waals surface area contributed by atoms with Crippen molar-refractivity contribution in [2.45, 2.75) is 13.8 Å². The molecule has 0 aliphatic heterocycles. The smallest absolute Gasteiger partial charge is 0.338 e. The summed E-state index contributed by atoms with van der Waals surface area (Å²) in [6.45, 7) is 4.01. The molecule has 0 spiro atoms. The fraction of sp³-hybridized carbons (Fsp3) is 0.115. The van der Waals surface area contributed by atoms with Crippen molar-refractivity contribution in [1.82, 2.24) is 4.98 Å². The van der Waals surface area contributed by atoms with Gasteiger partial charge in [0.05, 0.1) is 28.9 Å². The van der Waals surface area contributed by atoms with Gasteiger partial charge in [-0.05, 0) is 68.5 Å². The molecule has 0 fully saturated rings. The van der Waals surface area contributed by atoms with Crippen LogP contribution in [0.4, 0.5) is 0 Å². The van der Waals surface area contributed by atoms with Crippen molar-refractivity contribution < 1.29 is 23.8 Å². The molecule has 2 heterocycles. The number of esters is 1. The Morgan fingerprint density at radius 3 is 2.53 bits per heavy atom. The number of carboxylic acid groups (broad SMARTS) is 1. The zero-order valence-electron chi connectivity index (χ0n) is 17.7. The highest BCUT2D eigenvalue weighted by molar-refractivity contribution is 6.03. The molecule has 4 rings (SSSR count). The van der Waals surface area contributed by atoms with E-state index in [1.807, 2.05) is 37.3 Å². The standard InChI is InChI=1S/C26H21NO5/c1-3-31-26(30)18-7-5-17(6-8-18)24-13-11-20(32-24)10-9-19-15-22(25(28)29)21-14-16(2)4-12-23(21)27-19/h4-15H,3H2,1-2H3,(H,28,29)/b10-9+. The van der Waals surface area contributed by atoms with Crippen molar-refractivity contribution >= 4 is 35.0 Å². The third-order valence-corrected chi connectivity index (χ3v) is 4.94. The largest absolute Gasteiger partial charge is 0.478 e. The second-order valence-electron chi connectivity index (χ2n) is 7.25. The van der Waals surface area contributed by atoms with Crippen LogP contribution >= 0.6 is 0 Å². The van der Waals surface area contributed by atoms with Gasteiger partial charge in [0, 0.05) is 10.9 Å². The number of ether oxygens (including phenoxy) is 1. The second-order valence-corrected chi connectivity index (χ2v) is 7.25. The molecule has 0 aliphatic carbocycles. The summed E-state index contributed by atoms with van der Waals surface area (Å²) in [5.41, 5.74) is 3.63. The van der Waals surface area contributed by atoms with Gasteiger partial charge in [-0.3, -0.25) is 0 Å². The number of benzene rings is 2. The summed E-state index contributed by atoms with van der Waals surface area (Å²) in [6.07, 6.45) is 3.46. The molecule has 2 aromatic heterocycles. The van der Waals surface area contributed by atoms with E-state index in [2.05, 4.69) is 4.98 Å². The highest BCUT2D eigenvalue weighted by Gasteiger charge is 2.12. The number of fused-ring (bicyclic) bond motifs is 1. The van der Waals surface area contributed by atoms with Gasteiger partial charge >= 0.3 is 11.9 Å². The average molecular weight is 427 g/mol. The van der Waals surface area contributed by atoms with E-state index >= 15 is 0 Å². The maximum absolute atomic E-state index is 11.8. The zero-order chi connectivity index (χ0) is 22.7. The Morgan fingerprint density at radius 2 is 1.81 bits per heavy atom. The summed E-state index contributed by atoms with van der Waals surface area (Å²) in [5, 5.41) is 10.2. The van der Waals surface area contributed by atoms with Crippen LogP contribution in [0.3, 0.4) is 0 Å². The molecule has 2 aromatic carbocycles. The van der Waals surface area contributed by atoms with Crippen molar-refractivity contribution in [2.75, 3.05) is 6.61 Å². The molecular formula is C26H21NO5. The molecule has 0 saturated carbocycles. The van der Waals surface area contributed by atoms with Crippen LogP contribution in [0, 0.1) is 6.92 Å². The number of carbonyl (C=O) groups is 2. The number of aryl methyl sites for hydroxylation is 1. The Hall–Kier alpha value is -4.19. The number of hydrogen-bond acceptors (Lipinski definition) is 5. The van der Waals surface area contributed by atoms with E-state index in [4.69, 9.17) is 9.15 Å². The number of rotatable bonds is 6. The number of pyridine rings is 1. The summed E-state index contributed by atoms with van der Waals surface area (Å²) < 4.78 is 10.9.